The van der Waals surface area contributed by atoms with Crippen LogP contribution in [0.15, 0.2) is 71.6 Å². The molecule has 10 heteroatoms. The van der Waals surface area contributed by atoms with E-state index in [1.807, 2.05) is 13.8 Å². The molecule has 0 bridgehead atoms. The molecule has 3 aromatic carbocycles. The van der Waals surface area contributed by atoms with Crippen LogP contribution in [0.1, 0.15) is 37.0 Å². The van der Waals surface area contributed by atoms with Crippen molar-refractivity contribution in [3.63, 3.8) is 0 Å². The van der Waals surface area contributed by atoms with Crippen molar-refractivity contribution in [1.29, 1.82) is 0 Å². The normalized spacial score (nSPS) is 12.1. The molecule has 0 saturated carbocycles. The highest BCUT2D eigenvalue weighted by Gasteiger charge is 2.32. The molecule has 0 radical (unpaired) electrons. The summed E-state index contributed by atoms with van der Waals surface area (Å²) in [5.74, 6) is -0.873. The van der Waals surface area contributed by atoms with Gasteiger partial charge in [0.25, 0.3) is 10.0 Å². The molecule has 0 aromatic heterocycles. The van der Waals surface area contributed by atoms with Gasteiger partial charge in [0.05, 0.1) is 10.6 Å². The Kier molecular flexibility index (Phi) is 10.4. The van der Waals surface area contributed by atoms with Gasteiger partial charge >= 0.3 is 0 Å². The molecule has 0 aliphatic carbocycles. The fourth-order valence-corrected chi connectivity index (χ4v) is 5.57. The highest BCUT2D eigenvalue weighted by molar-refractivity contribution is 7.92. The van der Waals surface area contributed by atoms with Crippen LogP contribution in [0.25, 0.3) is 0 Å². The summed E-state index contributed by atoms with van der Waals surface area (Å²) in [6.07, 6.45) is 0.736. The van der Waals surface area contributed by atoms with Crippen molar-refractivity contribution in [3.8, 4) is 0 Å². The number of nitrogens with one attached hydrogen (secondary N) is 1. The van der Waals surface area contributed by atoms with Gasteiger partial charge in [-0.2, -0.15) is 0 Å². The number of carbonyl (C=O) groups excluding carboxylic acids is 2. The minimum absolute atomic E-state index is 0.0376. The molecular weight excluding hydrogens is 557 g/mol. The quantitative estimate of drug-likeness (QED) is 0.308. The molecule has 1 N–H and O–H groups in total. The number of anilines is 1. The van der Waals surface area contributed by atoms with Crippen LogP contribution in [0, 0.1) is 13.8 Å². The standard InChI is InChI=1S/C29H33Cl2N3O4S/c1-5-16-32-29(36)22(4)33(18-23-9-11-24(30)12-10-23)28(35)19-34(25-13-8-21(3)27(31)17-25)39(37,38)26-14-6-20(2)7-15-26/h6-15,17,22H,5,16,18-19H2,1-4H3,(H,32,36)/t22-/m0/s1. The third kappa shape index (κ3) is 7.75. The maximum atomic E-state index is 13.9. The van der Waals surface area contributed by atoms with Gasteiger partial charge in [0.15, 0.2) is 0 Å². The Morgan fingerprint density at radius 2 is 1.59 bits per heavy atom. The van der Waals surface area contributed by atoms with Crippen molar-refractivity contribution >= 4 is 50.7 Å². The van der Waals surface area contributed by atoms with E-state index in [1.165, 1.54) is 23.1 Å². The molecule has 3 rings (SSSR count). The summed E-state index contributed by atoms with van der Waals surface area (Å²) in [6.45, 7) is 7.24. The van der Waals surface area contributed by atoms with Gasteiger partial charge in [-0.3, -0.25) is 13.9 Å². The molecule has 7 nitrogen and oxygen atoms in total. The van der Waals surface area contributed by atoms with Gasteiger partial charge in [0, 0.05) is 23.1 Å². The van der Waals surface area contributed by atoms with Crippen molar-refractivity contribution < 1.29 is 18.0 Å². The van der Waals surface area contributed by atoms with E-state index >= 15 is 0 Å². The van der Waals surface area contributed by atoms with Gasteiger partial charge in [-0.25, -0.2) is 8.42 Å². The second-order valence-electron chi connectivity index (χ2n) is 9.37. The molecule has 208 valence electrons. The van der Waals surface area contributed by atoms with Gasteiger partial charge < -0.3 is 10.2 Å². The lowest BCUT2D eigenvalue weighted by Gasteiger charge is -2.32. The zero-order valence-corrected chi connectivity index (χ0v) is 24.8. The Bertz CT molecular complexity index is 1410. The molecule has 39 heavy (non-hydrogen) atoms. The highest BCUT2D eigenvalue weighted by atomic mass is 35.5. The topological polar surface area (TPSA) is 86.8 Å². The molecule has 2 amide bonds. The van der Waals surface area contributed by atoms with Gasteiger partial charge in [0.1, 0.15) is 12.6 Å². The van der Waals surface area contributed by atoms with Crippen LogP contribution in [0.2, 0.25) is 10.0 Å². The highest BCUT2D eigenvalue weighted by Crippen LogP contribution is 2.29. The second kappa shape index (κ2) is 13.3. The Hall–Kier alpha value is -3.07. The summed E-state index contributed by atoms with van der Waals surface area (Å²) in [5.41, 5.74) is 2.66. The number of rotatable bonds is 11. The van der Waals surface area contributed by atoms with E-state index < -0.39 is 28.5 Å². The monoisotopic (exact) mass is 589 g/mol. The van der Waals surface area contributed by atoms with Crippen molar-refractivity contribution in [2.75, 3.05) is 17.4 Å². The largest absolute Gasteiger partial charge is 0.354 e. The molecule has 0 fully saturated rings. The molecule has 3 aromatic rings. The van der Waals surface area contributed by atoms with E-state index in [2.05, 4.69) is 5.32 Å². The fourth-order valence-electron chi connectivity index (χ4n) is 3.87. The predicted octanol–water partition coefficient (Wildman–Crippen LogP) is 5.75. The summed E-state index contributed by atoms with van der Waals surface area (Å²) in [7, 11) is -4.16. The SMILES string of the molecule is CCCNC(=O)[C@H](C)N(Cc1ccc(Cl)cc1)C(=O)CN(c1ccc(C)c(Cl)c1)S(=O)(=O)c1ccc(C)cc1. The zero-order chi connectivity index (χ0) is 28.7. The third-order valence-corrected chi connectivity index (χ3v) is 8.76. The first-order valence-electron chi connectivity index (χ1n) is 12.6. The smallest absolute Gasteiger partial charge is 0.264 e. The summed E-state index contributed by atoms with van der Waals surface area (Å²) in [6, 6.07) is 17.3. The van der Waals surface area contributed by atoms with E-state index in [1.54, 1.807) is 62.4 Å². The first-order valence-corrected chi connectivity index (χ1v) is 14.8. The number of halogens is 2. The molecule has 0 unspecified atom stereocenters. The van der Waals surface area contributed by atoms with Crippen molar-refractivity contribution in [1.82, 2.24) is 10.2 Å². The minimum atomic E-state index is -4.16. The number of benzene rings is 3. The number of hydrogen-bond acceptors (Lipinski definition) is 4. The average Bonchev–Trinajstić information content (AvgIpc) is 2.91. The number of aryl methyl sites for hydroxylation is 2. The van der Waals surface area contributed by atoms with E-state index in [4.69, 9.17) is 23.2 Å². The molecule has 0 heterocycles. The number of amides is 2. The molecule has 0 spiro atoms. The van der Waals surface area contributed by atoms with Crippen LogP contribution in [0.3, 0.4) is 0 Å². The van der Waals surface area contributed by atoms with Crippen LogP contribution >= 0.6 is 23.2 Å². The molecule has 0 aliphatic heterocycles. The van der Waals surface area contributed by atoms with Crippen LogP contribution in [0.5, 0.6) is 0 Å². The lowest BCUT2D eigenvalue weighted by Crippen LogP contribution is -2.51. The number of nitrogens with zero attached hydrogens (tertiary/aromatic N) is 2. The minimum Gasteiger partial charge on any atom is -0.354 e. The van der Waals surface area contributed by atoms with Crippen LogP contribution in [-0.2, 0) is 26.2 Å². The van der Waals surface area contributed by atoms with Crippen molar-refractivity contribution in [3.05, 3.63) is 93.5 Å². The van der Waals surface area contributed by atoms with E-state index in [-0.39, 0.29) is 23.0 Å². The van der Waals surface area contributed by atoms with Crippen LogP contribution < -0.4 is 9.62 Å². The van der Waals surface area contributed by atoms with Crippen LogP contribution in [-0.4, -0.2) is 44.3 Å². The third-order valence-electron chi connectivity index (χ3n) is 6.31. The molecule has 0 aliphatic rings. The Morgan fingerprint density at radius 3 is 2.18 bits per heavy atom. The van der Waals surface area contributed by atoms with E-state index in [9.17, 15) is 18.0 Å². The van der Waals surface area contributed by atoms with Gasteiger partial charge in [-0.15, -0.1) is 0 Å². The van der Waals surface area contributed by atoms with Crippen molar-refractivity contribution in [2.45, 2.75) is 51.6 Å². The maximum absolute atomic E-state index is 13.9. The zero-order valence-electron chi connectivity index (χ0n) is 22.4. The lowest BCUT2D eigenvalue weighted by atomic mass is 10.1. The number of carbonyl (C=O) groups is 2. The first-order chi connectivity index (χ1) is 18.4. The molecule has 1 atom stereocenters. The first kappa shape index (κ1) is 30.5. The van der Waals surface area contributed by atoms with E-state index in [0.29, 0.717) is 16.6 Å². The molecule has 0 saturated heterocycles. The Labute approximate surface area is 240 Å². The Balaban J connectivity index is 2.04. The lowest BCUT2D eigenvalue weighted by molar-refractivity contribution is -0.139. The summed E-state index contributed by atoms with van der Waals surface area (Å²) in [4.78, 5) is 28.2. The van der Waals surface area contributed by atoms with Gasteiger partial charge in [0.2, 0.25) is 11.8 Å². The van der Waals surface area contributed by atoms with Crippen molar-refractivity contribution in [2.24, 2.45) is 0 Å². The van der Waals surface area contributed by atoms with Crippen LogP contribution in [0.4, 0.5) is 5.69 Å². The van der Waals surface area contributed by atoms with E-state index in [0.717, 1.165) is 27.4 Å². The molecular formula is C29H33Cl2N3O4S. The van der Waals surface area contributed by atoms with Gasteiger partial charge in [-0.1, -0.05) is 66.0 Å². The Morgan fingerprint density at radius 1 is 0.949 bits per heavy atom. The summed E-state index contributed by atoms with van der Waals surface area (Å²) in [5, 5.41) is 3.73. The summed E-state index contributed by atoms with van der Waals surface area (Å²) >= 11 is 12.4. The maximum Gasteiger partial charge on any atom is 0.264 e. The van der Waals surface area contributed by atoms with Gasteiger partial charge in [-0.05, 0) is 74.7 Å². The number of sulfonamides is 1. The average molecular weight is 591 g/mol. The second-order valence-corrected chi connectivity index (χ2v) is 12.1. The summed E-state index contributed by atoms with van der Waals surface area (Å²) < 4.78 is 28.8. The predicted molar refractivity (Wildman–Crippen MR) is 157 cm³/mol. The number of hydrogen-bond donors (Lipinski definition) is 1. The fraction of sp³-hybridized carbons (Fsp3) is 0.310.